The summed E-state index contributed by atoms with van der Waals surface area (Å²) in [6.45, 7) is 3.33. The highest BCUT2D eigenvalue weighted by Gasteiger charge is 2.11. The van der Waals surface area contributed by atoms with Gasteiger partial charge in [-0.05, 0) is 25.3 Å². The van der Waals surface area contributed by atoms with Gasteiger partial charge in [0.25, 0.3) is 0 Å². The summed E-state index contributed by atoms with van der Waals surface area (Å²) in [5, 5.41) is 2.10. The Labute approximate surface area is 116 Å². The summed E-state index contributed by atoms with van der Waals surface area (Å²) in [5.74, 6) is 0.518. The van der Waals surface area contributed by atoms with Crippen molar-refractivity contribution in [2.75, 3.05) is 0 Å². The maximum absolute atomic E-state index is 11.4. The van der Waals surface area contributed by atoms with Gasteiger partial charge in [0, 0.05) is 17.8 Å². The summed E-state index contributed by atoms with van der Waals surface area (Å²) in [6, 6.07) is 9.92. The van der Waals surface area contributed by atoms with Crippen LogP contribution in [-0.4, -0.2) is 20.7 Å². The molecule has 0 fully saturated rings. The quantitative estimate of drug-likeness (QED) is 0.666. The lowest BCUT2D eigenvalue weighted by atomic mass is 10.1. The van der Waals surface area contributed by atoms with E-state index < -0.39 is 0 Å². The number of aryl methyl sites for hydroxylation is 1. The Morgan fingerprint density at radius 3 is 2.65 bits per heavy atom. The van der Waals surface area contributed by atoms with Crippen LogP contribution in [-0.2, 0) is 0 Å². The largest absolute Gasteiger partial charge is 0.294 e. The zero-order valence-corrected chi connectivity index (χ0v) is 11.3. The van der Waals surface area contributed by atoms with Crippen molar-refractivity contribution in [2.45, 2.75) is 13.8 Å². The fraction of sp³-hybridized carbons (Fsp3) is 0.125. The van der Waals surface area contributed by atoms with Crippen LogP contribution in [0.15, 0.2) is 42.7 Å². The molecule has 0 bridgehead atoms. The average molecular weight is 263 g/mol. The monoisotopic (exact) mass is 263 g/mol. The van der Waals surface area contributed by atoms with E-state index in [2.05, 4.69) is 15.0 Å². The first-order valence-electron chi connectivity index (χ1n) is 6.35. The van der Waals surface area contributed by atoms with Crippen LogP contribution >= 0.6 is 0 Å². The zero-order valence-electron chi connectivity index (χ0n) is 11.3. The first-order chi connectivity index (χ1) is 9.66. The summed E-state index contributed by atoms with van der Waals surface area (Å²) in [5.41, 5.74) is 1.97. The predicted molar refractivity (Wildman–Crippen MR) is 77.5 cm³/mol. The second-order valence-corrected chi connectivity index (χ2v) is 4.63. The first kappa shape index (κ1) is 12.4. The third-order valence-electron chi connectivity index (χ3n) is 3.24. The molecule has 0 radical (unpaired) electrons. The molecule has 0 amide bonds. The number of hydrogen-bond donors (Lipinski definition) is 0. The predicted octanol–water partition coefficient (Wildman–Crippen LogP) is 3.20. The van der Waals surface area contributed by atoms with Crippen molar-refractivity contribution in [1.82, 2.24) is 15.0 Å². The summed E-state index contributed by atoms with van der Waals surface area (Å²) < 4.78 is 0. The van der Waals surface area contributed by atoms with Gasteiger partial charge >= 0.3 is 0 Å². The minimum Gasteiger partial charge on any atom is -0.294 e. The Kier molecular flexibility index (Phi) is 2.99. The molecular formula is C16H13N3O. The summed E-state index contributed by atoms with van der Waals surface area (Å²) in [6.07, 6.45) is 3.32. The highest BCUT2D eigenvalue weighted by Crippen LogP contribution is 2.24. The molecular weight excluding hydrogens is 250 g/mol. The van der Waals surface area contributed by atoms with Crippen molar-refractivity contribution in [2.24, 2.45) is 0 Å². The van der Waals surface area contributed by atoms with Gasteiger partial charge in [0.15, 0.2) is 11.6 Å². The number of aromatic nitrogens is 3. The van der Waals surface area contributed by atoms with Gasteiger partial charge in [-0.3, -0.25) is 9.78 Å². The highest BCUT2D eigenvalue weighted by molar-refractivity contribution is 5.96. The van der Waals surface area contributed by atoms with Crippen LogP contribution < -0.4 is 0 Å². The van der Waals surface area contributed by atoms with Crippen molar-refractivity contribution in [1.29, 1.82) is 0 Å². The Hall–Kier alpha value is -2.62. The number of hydrogen-bond acceptors (Lipinski definition) is 4. The fourth-order valence-corrected chi connectivity index (χ4v) is 2.22. The van der Waals surface area contributed by atoms with Gasteiger partial charge in [-0.15, -0.1) is 0 Å². The van der Waals surface area contributed by atoms with Crippen molar-refractivity contribution in [3.8, 4) is 11.5 Å². The van der Waals surface area contributed by atoms with Crippen LogP contribution in [0.25, 0.3) is 22.3 Å². The molecule has 0 unspecified atom stereocenters. The fourth-order valence-electron chi connectivity index (χ4n) is 2.22. The second-order valence-electron chi connectivity index (χ2n) is 4.63. The van der Waals surface area contributed by atoms with Crippen LogP contribution in [0.5, 0.6) is 0 Å². The lowest BCUT2D eigenvalue weighted by Gasteiger charge is -2.06. The number of rotatable bonds is 2. The summed E-state index contributed by atoms with van der Waals surface area (Å²) >= 11 is 0. The van der Waals surface area contributed by atoms with Crippen molar-refractivity contribution < 1.29 is 4.79 Å². The van der Waals surface area contributed by atoms with Gasteiger partial charge < -0.3 is 0 Å². The first-order valence-corrected chi connectivity index (χ1v) is 6.35. The number of fused-ring (bicyclic) bond motifs is 1. The Balaban J connectivity index is 2.21. The molecule has 1 aromatic carbocycles. The highest BCUT2D eigenvalue weighted by atomic mass is 16.1. The average Bonchev–Trinajstić information content (AvgIpc) is 2.46. The molecule has 2 aromatic heterocycles. The van der Waals surface area contributed by atoms with E-state index in [1.807, 2.05) is 37.3 Å². The number of Topliss-reactive ketones (excluding diaryl/α,β-unsaturated/α-hetero) is 1. The van der Waals surface area contributed by atoms with Crippen molar-refractivity contribution >= 4 is 16.6 Å². The molecule has 0 saturated carbocycles. The lowest BCUT2D eigenvalue weighted by molar-refractivity contribution is 0.101. The Morgan fingerprint density at radius 1 is 1.10 bits per heavy atom. The third-order valence-corrected chi connectivity index (χ3v) is 3.24. The maximum atomic E-state index is 11.4. The SMILES string of the molecule is CC(=O)c1cnc(-c2nccc3ccccc23)nc1C. The molecule has 0 N–H and O–H groups in total. The standard InChI is InChI=1S/C16H13N3O/c1-10-14(11(2)20)9-18-16(19-10)15-13-6-4-3-5-12(13)7-8-17-15/h3-9H,1-2H3. The number of ketones is 1. The molecule has 0 aliphatic carbocycles. The Bertz CT molecular complexity index is 806. The van der Waals surface area contributed by atoms with E-state index in [4.69, 9.17) is 0 Å². The normalized spacial score (nSPS) is 10.7. The lowest BCUT2D eigenvalue weighted by Crippen LogP contribution is -2.03. The van der Waals surface area contributed by atoms with Gasteiger partial charge in [0.05, 0.1) is 11.3 Å². The molecule has 4 heteroatoms. The molecule has 98 valence electrons. The molecule has 20 heavy (non-hydrogen) atoms. The molecule has 0 aliphatic heterocycles. The number of benzene rings is 1. The van der Waals surface area contributed by atoms with Crippen LogP contribution in [0.2, 0.25) is 0 Å². The number of pyridine rings is 1. The van der Waals surface area contributed by atoms with Crippen molar-refractivity contribution in [3.63, 3.8) is 0 Å². The van der Waals surface area contributed by atoms with Gasteiger partial charge in [0.2, 0.25) is 0 Å². The van der Waals surface area contributed by atoms with Gasteiger partial charge in [-0.2, -0.15) is 0 Å². The summed E-state index contributed by atoms with van der Waals surface area (Å²) in [4.78, 5) is 24.5. The van der Waals surface area contributed by atoms with E-state index in [0.717, 1.165) is 16.5 Å². The van der Waals surface area contributed by atoms with E-state index in [-0.39, 0.29) is 5.78 Å². The van der Waals surface area contributed by atoms with Crippen molar-refractivity contribution in [3.05, 3.63) is 54.0 Å². The zero-order chi connectivity index (χ0) is 14.1. The summed E-state index contributed by atoms with van der Waals surface area (Å²) in [7, 11) is 0. The number of carbonyl (C=O) groups excluding carboxylic acids is 1. The van der Waals surface area contributed by atoms with Crippen LogP contribution in [0, 0.1) is 6.92 Å². The third kappa shape index (κ3) is 2.05. The topological polar surface area (TPSA) is 55.7 Å². The smallest absolute Gasteiger partial charge is 0.179 e. The molecule has 0 saturated heterocycles. The molecule has 0 atom stereocenters. The van der Waals surface area contributed by atoms with Crippen LogP contribution in [0.1, 0.15) is 23.0 Å². The van der Waals surface area contributed by atoms with E-state index in [1.54, 1.807) is 12.4 Å². The minimum absolute atomic E-state index is 0.0278. The second kappa shape index (κ2) is 4.81. The molecule has 2 heterocycles. The van der Waals surface area contributed by atoms with E-state index in [1.165, 1.54) is 6.92 Å². The van der Waals surface area contributed by atoms with Crippen LogP contribution in [0.4, 0.5) is 0 Å². The maximum Gasteiger partial charge on any atom is 0.179 e. The van der Waals surface area contributed by atoms with Gasteiger partial charge in [-0.1, -0.05) is 24.3 Å². The van der Waals surface area contributed by atoms with Gasteiger partial charge in [0.1, 0.15) is 5.69 Å². The molecule has 3 rings (SSSR count). The van der Waals surface area contributed by atoms with E-state index >= 15 is 0 Å². The Morgan fingerprint density at radius 2 is 1.90 bits per heavy atom. The van der Waals surface area contributed by atoms with Gasteiger partial charge in [-0.25, -0.2) is 9.97 Å². The molecule has 0 aliphatic rings. The molecule has 0 spiro atoms. The minimum atomic E-state index is -0.0278. The number of nitrogens with zero attached hydrogens (tertiary/aromatic N) is 3. The number of carbonyl (C=O) groups is 1. The molecule has 4 nitrogen and oxygen atoms in total. The van der Waals surface area contributed by atoms with E-state index in [9.17, 15) is 4.79 Å². The van der Waals surface area contributed by atoms with E-state index in [0.29, 0.717) is 17.1 Å². The molecule has 3 aromatic rings. The van der Waals surface area contributed by atoms with Crippen LogP contribution in [0.3, 0.4) is 0 Å².